The Bertz CT molecular complexity index is 1230. The van der Waals surface area contributed by atoms with Gasteiger partial charge in [0, 0.05) is 30.9 Å². The number of ether oxygens (including phenoxy) is 1. The zero-order valence-electron chi connectivity index (χ0n) is 18.7. The Labute approximate surface area is 189 Å². The molecule has 4 rings (SSSR count). The largest absolute Gasteiger partial charge is 0.491 e. The molecular weight excluding hydrogens is 426 g/mol. The van der Waals surface area contributed by atoms with Crippen LogP contribution in [-0.4, -0.2) is 47.8 Å². The van der Waals surface area contributed by atoms with E-state index in [9.17, 15) is 13.2 Å². The number of hydrogen-bond donors (Lipinski definition) is 0. The first-order valence-corrected chi connectivity index (χ1v) is 12.4. The summed E-state index contributed by atoms with van der Waals surface area (Å²) in [5, 5.41) is 1.03. The van der Waals surface area contributed by atoms with Gasteiger partial charge < -0.3 is 14.1 Å². The lowest BCUT2D eigenvalue weighted by Crippen LogP contribution is -2.37. The van der Waals surface area contributed by atoms with Gasteiger partial charge in [0.1, 0.15) is 17.7 Å². The number of sulfonamides is 1. The molecule has 0 saturated carbocycles. The van der Waals surface area contributed by atoms with Gasteiger partial charge in [0.2, 0.25) is 10.0 Å². The van der Waals surface area contributed by atoms with Crippen LogP contribution in [0.1, 0.15) is 43.7 Å². The van der Waals surface area contributed by atoms with Crippen molar-refractivity contribution in [1.29, 1.82) is 0 Å². The van der Waals surface area contributed by atoms with Gasteiger partial charge in [-0.05, 0) is 81.0 Å². The molecule has 0 unspecified atom stereocenters. The van der Waals surface area contributed by atoms with E-state index in [-0.39, 0.29) is 18.6 Å². The smallest absolute Gasteiger partial charge is 0.243 e. The minimum Gasteiger partial charge on any atom is -0.491 e. The van der Waals surface area contributed by atoms with Crippen LogP contribution >= 0.6 is 0 Å². The molecule has 0 amide bonds. The van der Waals surface area contributed by atoms with Gasteiger partial charge in [-0.2, -0.15) is 4.31 Å². The maximum Gasteiger partial charge on any atom is 0.243 e. The summed E-state index contributed by atoms with van der Waals surface area (Å²) in [6.45, 7) is 6.93. The van der Waals surface area contributed by atoms with Crippen LogP contribution in [0.3, 0.4) is 0 Å². The standard InChI is InChI=1S/C24H29N3O4S/c1-17(2)31-23-7-6-20(15-18(23)3)32(29,30)27-11-8-19(9-12-27)22-16-26(13-14-28)24-21(22)5-4-10-25-24/h4-7,10,14-17,19H,8-9,11-13H2,1-3H3. The number of aryl methyl sites for hydroxylation is 1. The van der Waals surface area contributed by atoms with Crippen molar-refractivity contribution in [2.45, 2.75) is 57.1 Å². The highest BCUT2D eigenvalue weighted by atomic mass is 32.2. The van der Waals surface area contributed by atoms with Crippen LogP contribution in [0.2, 0.25) is 0 Å². The number of piperidine rings is 1. The van der Waals surface area contributed by atoms with Gasteiger partial charge in [-0.3, -0.25) is 0 Å². The molecule has 0 aliphatic carbocycles. The lowest BCUT2D eigenvalue weighted by atomic mass is 9.90. The van der Waals surface area contributed by atoms with Gasteiger partial charge in [-0.1, -0.05) is 0 Å². The summed E-state index contributed by atoms with van der Waals surface area (Å²) >= 11 is 0. The van der Waals surface area contributed by atoms with E-state index in [4.69, 9.17) is 4.74 Å². The molecule has 32 heavy (non-hydrogen) atoms. The van der Waals surface area contributed by atoms with Crippen LogP contribution in [0.4, 0.5) is 0 Å². The summed E-state index contributed by atoms with van der Waals surface area (Å²) in [4.78, 5) is 15.8. The SMILES string of the molecule is Cc1cc(S(=O)(=O)N2CCC(c3cn(CC=O)c4ncccc34)CC2)ccc1OC(C)C. The Morgan fingerprint density at radius 3 is 2.62 bits per heavy atom. The van der Waals surface area contributed by atoms with Crippen molar-refractivity contribution < 1.29 is 17.9 Å². The predicted molar refractivity (Wildman–Crippen MR) is 123 cm³/mol. The maximum atomic E-state index is 13.2. The topological polar surface area (TPSA) is 81.5 Å². The van der Waals surface area contributed by atoms with Gasteiger partial charge in [0.05, 0.1) is 17.5 Å². The van der Waals surface area contributed by atoms with Crippen molar-refractivity contribution in [2.24, 2.45) is 0 Å². The fraction of sp³-hybridized carbons (Fsp3) is 0.417. The second-order valence-corrected chi connectivity index (χ2v) is 10.5. The summed E-state index contributed by atoms with van der Waals surface area (Å²) in [7, 11) is -3.57. The molecule has 1 aliphatic heterocycles. The van der Waals surface area contributed by atoms with Gasteiger partial charge in [0.15, 0.2) is 0 Å². The van der Waals surface area contributed by atoms with E-state index in [0.717, 1.165) is 41.3 Å². The van der Waals surface area contributed by atoms with Crippen LogP contribution in [-0.2, 0) is 21.4 Å². The number of nitrogens with zero attached hydrogens (tertiary/aromatic N) is 3. The molecule has 0 spiro atoms. The third-order valence-electron chi connectivity index (χ3n) is 5.98. The fourth-order valence-corrected chi connectivity index (χ4v) is 5.97. The van der Waals surface area contributed by atoms with Crippen molar-refractivity contribution in [2.75, 3.05) is 13.1 Å². The zero-order chi connectivity index (χ0) is 22.9. The van der Waals surface area contributed by atoms with Crippen molar-refractivity contribution in [1.82, 2.24) is 13.9 Å². The normalized spacial score (nSPS) is 16.0. The molecule has 2 aromatic heterocycles. The lowest BCUT2D eigenvalue weighted by molar-refractivity contribution is -0.108. The second-order valence-electron chi connectivity index (χ2n) is 8.55. The zero-order valence-corrected chi connectivity index (χ0v) is 19.5. The fourth-order valence-electron chi connectivity index (χ4n) is 4.42. The van der Waals surface area contributed by atoms with E-state index in [0.29, 0.717) is 23.7 Å². The molecule has 0 radical (unpaired) electrons. The van der Waals surface area contributed by atoms with Gasteiger partial charge in [0.25, 0.3) is 0 Å². The van der Waals surface area contributed by atoms with Crippen LogP contribution in [0.5, 0.6) is 5.75 Å². The molecule has 1 fully saturated rings. The number of benzene rings is 1. The second kappa shape index (κ2) is 9.03. The average Bonchev–Trinajstić information content (AvgIpc) is 3.14. The van der Waals surface area contributed by atoms with Crippen LogP contribution in [0, 0.1) is 6.92 Å². The van der Waals surface area contributed by atoms with Crippen molar-refractivity contribution in [3.63, 3.8) is 0 Å². The Balaban J connectivity index is 1.52. The van der Waals surface area contributed by atoms with Crippen molar-refractivity contribution >= 4 is 27.3 Å². The number of rotatable bonds is 7. The van der Waals surface area contributed by atoms with Crippen LogP contribution < -0.4 is 4.74 Å². The summed E-state index contributed by atoms with van der Waals surface area (Å²) in [6.07, 6.45) is 6.07. The highest BCUT2D eigenvalue weighted by Crippen LogP contribution is 2.35. The number of hydrogen-bond acceptors (Lipinski definition) is 5. The molecular formula is C24H29N3O4S. The van der Waals surface area contributed by atoms with Crippen molar-refractivity contribution in [3.05, 3.63) is 53.9 Å². The molecule has 7 nitrogen and oxygen atoms in total. The highest BCUT2D eigenvalue weighted by Gasteiger charge is 2.31. The molecule has 1 aliphatic rings. The number of aromatic nitrogens is 2. The molecule has 3 aromatic rings. The highest BCUT2D eigenvalue weighted by molar-refractivity contribution is 7.89. The Kier molecular flexibility index (Phi) is 6.35. The lowest BCUT2D eigenvalue weighted by Gasteiger charge is -2.31. The minimum absolute atomic E-state index is 0.0304. The molecule has 170 valence electrons. The first-order chi connectivity index (χ1) is 15.3. The first kappa shape index (κ1) is 22.5. The van der Waals surface area contributed by atoms with Gasteiger partial charge >= 0.3 is 0 Å². The van der Waals surface area contributed by atoms with Gasteiger partial charge in [-0.15, -0.1) is 0 Å². The van der Waals surface area contributed by atoms with Crippen molar-refractivity contribution in [3.8, 4) is 5.75 Å². The molecule has 0 N–H and O–H groups in total. The number of carbonyl (C=O) groups is 1. The van der Waals surface area contributed by atoms with E-state index < -0.39 is 10.0 Å². The molecule has 8 heteroatoms. The molecule has 3 heterocycles. The predicted octanol–water partition coefficient (Wildman–Crippen LogP) is 3.90. The number of fused-ring (bicyclic) bond motifs is 1. The van der Waals surface area contributed by atoms with Gasteiger partial charge in [-0.25, -0.2) is 13.4 Å². The number of pyridine rings is 1. The quantitative estimate of drug-likeness (QED) is 0.505. The van der Waals surface area contributed by atoms with Crippen LogP contribution in [0.15, 0.2) is 47.6 Å². The minimum atomic E-state index is -3.57. The molecule has 0 atom stereocenters. The summed E-state index contributed by atoms with van der Waals surface area (Å²) < 4.78 is 35.7. The Morgan fingerprint density at radius 2 is 1.97 bits per heavy atom. The summed E-state index contributed by atoms with van der Waals surface area (Å²) in [6, 6.07) is 8.98. The number of carbonyl (C=O) groups excluding carboxylic acids is 1. The molecule has 0 bridgehead atoms. The number of aldehydes is 1. The molecule has 1 aromatic carbocycles. The summed E-state index contributed by atoms with van der Waals surface area (Å²) in [5.74, 6) is 0.933. The Morgan fingerprint density at radius 1 is 1.22 bits per heavy atom. The monoisotopic (exact) mass is 455 g/mol. The third-order valence-corrected chi connectivity index (χ3v) is 7.87. The van der Waals surface area contributed by atoms with E-state index in [1.54, 1.807) is 28.7 Å². The maximum absolute atomic E-state index is 13.2. The van der Waals surface area contributed by atoms with E-state index in [1.807, 2.05) is 43.7 Å². The van der Waals surface area contributed by atoms with Crippen LogP contribution in [0.25, 0.3) is 11.0 Å². The Hall–Kier alpha value is -2.71. The van der Waals surface area contributed by atoms with E-state index in [2.05, 4.69) is 4.98 Å². The first-order valence-electron chi connectivity index (χ1n) is 11.0. The van der Waals surface area contributed by atoms with E-state index in [1.165, 1.54) is 0 Å². The summed E-state index contributed by atoms with van der Waals surface area (Å²) in [5.41, 5.74) is 2.74. The average molecular weight is 456 g/mol. The third kappa shape index (κ3) is 4.29. The van der Waals surface area contributed by atoms with E-state index >= 15 is 0 Å². The molecule has 1 saturated heterocycles.